The third kappa shape index (κ3) is 3.68. The van der Waals surface area contributed by atoms with Crippen molar-refractivity contribution in [3.63, 3.8) is 0 Å². The highest BCUT2D eigenvalue weighted by molar-refractivity contribution is 6.04. The largest absolute Gasteiger partial charge is 0.395 e. The number of aryl methyl sites for hydroxylation is 2. The molecule has 0 saturated carbocycles. The van der Waals surface area contributed by atoms with Crippen molar-refractivity contribution < 1.29 is 9.90 Å². The highest BCUT2D eigenvalue weighted by atomic mass is 16.2. The molecule has 0 saturated heterocycles. The molecule has 1 amide bonds. The van der Waals surface area contributed by atoms with E-state index in [1.54, 1.807) is 36.1 Å². The highest BCUT2D eigenvalue weighted by Gasteiger charge is 2.13. The first-order chi connectivity index (χ1) is 10.1. The molecule has 0 aliphatic carbocycles. The van der Waals surface area contributed by atoms with Crippen LogP contribution >= 0.6 is 0 Å². The molecule has 0 aliphatic heterocycles. The lowest BCUT2D eigenvalue weighted by atomic mass is 10.2. The number of aliphatic hydroxyl groups excluding tert-OH is 1. The summed E-state index contributed by atoms with van der Waals surface area (Å²) in [6, 6.07) is 5.21. The van der Waals surface area contributed by atoms with Crippen LogP contribution in [0.4, 0.5) is 5.82 Å². The lowest BCUT2D eigenvalue weighted by Crippen LogP contribution is -2.17. The van der Waals surface area contributed by atoms with Crippen LogP contribution in [0.5, 0.6) is 0 Å². The number of pyridine rings is 1. The topological polar surface area (TPSA) is 80.0 Å². The van der Waals surface area contributed by atoms with Gasteiger partial charge in [0.15, 0.2) is 0 Å². The molecule has 2 N–H and O–H groups in total. The lowest BCUT2D eigenvalue weighted by Gasteiger charge is -2.05. The molecular formula is C15H16N4O2. The van der Waals surface area contributed by atoms with Crippen molar-refractivity contribution in [3.8, 4) is 11.8 Å². The van der Waals surface area contributed by atoms with Gasteiger partial charge < -0.3 is 10.4 Å². The molecule has 0 atom stereocenters. The number of nitrogens with zero attached hydrogens (tertiary/aromatic N) is 3. The number of amides is 1. The van der Waals surface area contributed by atoms with Gasteiger partial charge in [0.1, 0.15) is 11.5 Å². The van der Waals surface area contributed by atoms with Crippen LogP contribution in [0.1, 0.15) is 28.2 Å². The first-order valence-corrected chi connectivity index (χ1v) is 6.48. The van der Waals surface area contributed by atoms with E-state index in [2.05, 4.69) is 27.2 Å². The van der Waals surface area contributed by atoms with Crippen molar-refractivity contribution in [1.82, 2.24) is 14.8 Å². The maximum absolute atomic E-state index is 12.3. The quantitative estimate of drug-likeness (QED) is 0.827. The van der Waals surface area contributed by atoms with Gasteiger partial charge in [-0.05, 0) is 19.1 Å². The molecular weight excluding hydrogens is 268 g/mol. The molecule has 0 spiro atoms. The molecule has 6 heteroatoms. The molecule has 0 fully saturated rings. The molecule has 0 aliphatic rings. The van der Waals surface area contributed by atoms with Gasteiger partial charge in [0.25, 0.3) is 5.91 Å². The standard InChI is InChI=1S/C15H16N4O2/c1-11-10-13(19(2)18-11)17-15(21)14-12(6-3-4-9-20)7-5-8-16-14/h5,7-8,10,20H,4,9H2,1-2H3,(H,17,21). The molecule has 0 unspecified atom stereocenters. The van der Waals surface area contributed by atoms with E-state index >= 15 is 0 Å². The van der Waals surface area contributed by atoms with Crippen LogP contribution in [0.2, 0.25) is 0 Å². The van der Waals surface area contributed by atoms with Crippen LogP contribution in [0.15, 0.2) is 24.4 Å². The van der Waals surface area contributed by atoms with Gasteiger partial charge >= 0.3 is 0 Å². The Bertz CT molecular complexity index is 710. The van der Waals surface area contributed by atoms with Crippen molar-refractivity contribution in [2.75, 3.05) is 11.9 Å². The molecule has 2 aromatic rings. The van der Waals surface area contributed by atoms with Crippen LogP contribution in [0.3, 0.4) is 0 Å². The van der Waals surface area contributed by atoms with Crippen molar-refractivity contribution in [2.24, 2.45) is 7.05 Å². The Hall–Kier alpha value is -2.65. The molecule has 108 valence electrons. The van der Waals surface area contributed by atoms with Gasteiger partial charge in [-0.25, -0.2) is 4.98 Å². The van der Waals surface area contributed by atoms with Crippen molar-refractivity contribution in [2.45, 2.75) is 13.3 Å². The van der Waals surface area contributed by atoms with E-state index < -0.39 is 0 Å². The smallest absolute Gasteiger partial charge is 0.276 e. The molecule has 2 rings (SSSR count). The third-order valence-corrected chi connectivity index (χ3v) is 2.73. The van der Waals surface area contributed by atoms with Gasteiger partial charge in [-0.1, -0.05) is 11.8 Å². The Kier molecular flexibility index (Phi) is 4.69. The normalized spacial score (nSPS) is 9.86. The first-order valence-electron chi connectivity index (χ1n) is 6.48. The van der Waals surface area contributed by atoms with Gasteiger partial charge in [-0.2, -0.15) is 5.10 Å². The first kappa shape index (κ1) is 14.8. The summed E-state index contributed by atoms with van der Waals surface area (Å²) in [4.78, 5) is 16.4. The Labute approximate surface area is 122 Å². The van der Waals surface area contributed by atoms with E-state index in [0.29, 0.717) is 17.8 Å². The van der Waals surface area contributed by atoms with E-state index in [1.165, 1.54) is 0 Å². The van der Waals surface area contributed by atoms with Crippen LogP contribution in [0.25, 0.3) is 0 Å². The zero-order chi connectivity index (χ0) is 15.2. The minimum atomic E-state index is -0.341. The maximum atomic E-state index is 12.3. The van der Waals surface area contributed by atoms with E-state index in [9.17, 15) is 4.79 Å². The average Bonchev–Trinajstić information content (AvgIpc) is 2.77. The Balaban J connectivity index is 2.24. The molecule has 0 radical (unpaired) electrons. The van der Waals surface area contributed by atoms with E-state index in [4.69, 9.17) is 5.11 Å². The summed E-state index contributed by atoms with van der Waals surface area (Å²) in [5, 5.41) is 15.7. The SMILES string of the molecule is Cc1cc(NC(=O)c2ncccc2C#CCCO)n(C)n1. The zero-order valence-corrected chi connectivity index (χ0v) is 11.9. The zero-order valence-electron chi connectivity index (χ0n) is 11.9. The molecule has 2 aromatic heterocycles. The summed E-state index contributed by atoms with van der Waals surface area (Å²) < 4.78 is 1.59. The summed E-state index contributed by atoms with van der Waals surface area (Å²) in [5.41, 5.74) is 1.60. The minimum absolute atomic E-state index is 0.0108. The van der Waals surface area contributed by atoms with Gasteiger partial charge in [0.05, 0.1) is 17.9 Å². The lowest BCUT2D eigenvalue weighted by molar-refractivity contribution is 0.102. The molecule has 0 bridgehead atoms. The van der Waals surface area contributed by atoms with E-state index in [0.717, 1.165) is 5.69 Å². The maximum Gasteiger partial charge on any atom is 0.276 e. The fraction of sp³-hybridized carbons (Fsp3) is 0.267. The summed E-state index contributed by atoms with van der Waals surface area (Å²) in [6.45, 7) is 1.84. The van der Waals surface area contributed by atoms with Gasteiger partial charge in [-0.15, -0.1) is 0 Å². The van der Waals surface area contributed by atoms with Crippen LogP contribution < -0.4 is 5.32 Å². The second-order valence-electron chi connectivity index (χ2n) is 4.42. The predicted octanol–water partition coefficient (Wildman–Crippen LogP) is 1.11. The number of hydrogen-bond donors (Lipinski definition) is 2. The number of anilines is 1. The second-order valence-corrected chi connectivity index (χ2v) is 4.42. The molecule has 0 aromatic carbocycles. The highest BCUT2D eigenvalue weighted by Crippen LogP contribution is 2.11. The van der Waals surface area contributed by atoms with E-state index in [-0.39, 0.29) is 18.2 Å². The van der Waals surface area contributed by atoms with Crippen LogP contribution in [-0.2, 0) is 7.05 Å². The number of nitrogens with one attached hydrogen (secondary N) is 1. The monoisotopic (exact) mass is 284 g/mol. The van der Waals surface area contributed by atoms with Crippen LogP contribution in [0, 0.1) is 18.8 Å². The fourth-order valence-electron chi connectivity index (χ4n) is 1.80. The summed E-state index contributed by atoms with van der Waals surface area (Å²) in [6.07, 6.45) is 1.90. The number of rotatable bonds is 3. The summed E-state index contributed by atoms with van der Waals surface area (Å²) >= 11 is 0. The number of aromatic nitrogens is 3. The summed E-state index contributed by atoms with van der Waals surface area (Å²) in [5.74, 6) is 5.89. The number of carbonyl (C=O) groups is 1. The van der Waals surface area contributed by atoms with Crippen molar-refractivity contribution in [3.05, 3.63) is 41.3 Å². The Morgan fingerprint density at radius 3 is 3.00 bits per heavy atom. The number of carbonyl (C=O) groups excluding carboxylic acids is 1. The predicted molar refractivity (Wildman–Crippen MR) is 78.7 cm³/mol. The molecule has 6 nitrogen and oxygen atoms in total. The van der Waals surface area contributed by atoms with Gasteiger partial charge in [0.2, 0.25) is 0 Å². The van der Waals surface area contributed by atoms with Crippen molar-refractivity contribution >= 4 is 11.7 Å². The second kappa shape index (κ2) is 6.68. The Morgan fingerprint density at radius 2 is 2.33 bits per heavy atom. The van der Waals surface area contributed by atoms with Crippen molar-refractivity contribution in [1.29, 1.82) is 0 Å². The third-order valence-electron chi connectivity index (χ3n) is 2.73. The average molecular weight is 284 g/mol. The van der Waals surface area contributed by atoms with Crippen LogP contribution in [-0.4, -0.2) is 32.4 Å². The number of aliphatic hydroxyl groups is 1. The summed E-state index contributed by atoms with van der Waals surface area (Å²) in [7, 11) is 1.75. The number of hydrogen-bond acceptors (Lipinski definition) is 4. The molecule has 2 heterocycles. The van der Waals surface area contributed by atoms with E-state index in [1.807, 2.05) is 6.92 Å². The van der Waals surface area contributed by atoms with Gasteiger partial charge in [0, 0.05) is 25.7 Å². The minimum Gasteiger partial charge on any atom is -0.395 e. The van der Waals surface area contributed by atoms with Gasteiger partial charge in [-0.3, -0.25) is 9.48 Å². The molecule has 21 heavy (non-hydrogen) atoms. The Morgan fingerprint density at radius 1 is 1.52 bits per heavy atom. The fourth-order valence-corrected chi connectivity index (χ4v) is 1.80.